The third-order valence-corrected chi connectivity index (χ3v) is 6.54. The monoisotopic (exact) mass is 498 g/mol. The first-order valence-corrected chi connectivity index (χ1v) is 12.3. The lowest BCUT2D eigenvalue weighted by Gasteiger charge is -2.09. The lowest BCUT2D eigenvalue weighted by atomic mass is 10.0. The van der Waals surface area contributed by atoms with Crippen LogP contribution in [0.25, 0.3) is 15.7 Å². The van der Waals surface area contributed by atoms with Crippen molar-refractivity contribution in [2.45, 2.75) is 26.4 Å². The molecule has 0 aliphatic heterocycles. The number of carbonyl (C=O) groups is 2. The maximum absolute atomic E-state index is 12.8. The number of rotatable bonds is 7. The normalized spacial score (nSPS) is 11.0. The van der Waals surface area contributed by atoms with Crippen LogP contribution in [0.15, 0.2) is 77.6 Å². The highest BCUT2D eigenvalue weighted by Crippen LogP contribution is 2.20. The van der Waals surface area contributed by atoms with Crippen LogP contribution in [0.3, 0.4) is 0 Å². The highest BCUT2D eigenvalue weighted by Gasteiger charge is 2.13. The molecule has 0 unspecified atom stereocenters. The highest BCUT2D eigenvalue weighted by atomic mass is 32.1. The Bertz CT molecular complexity index is 1630. The molecule has 2 aromatic heterocycles. The van der Waals surface area contributed by atoms with E-state index in [0.717, 1.165) is 28.6 Å². The van der Waals surface area contributed by atoms with Gasteiger partial charge in [-0.2, -0.15) is 9.61 Å². The third kappa shape index (κ3) is 4.87. The second kappa shape index (κ2) is 10.1. The Morgan fingerprint density at radius 1 is 1.03 bits per heavy atom. The van der Waals surface area contributed by atoms with Gasteiger partial charge in [0.2, 0.25) is 4.96 Å². The Balaban J connectivity index is 1.24. The lowest BCUT2D eigenvalue weighted by molar-refractivity contribution is 0.0467. The summed E-state index contributed by atoms with van der Waals surface area (Å²) in [4.78, 5) is 42.5. The van der Waals surface area contributed by atoms with Gasteiger partial charge in [-0.3, -0.25) is 9.59 Å². The van der Waals surface area contributed by atoms with Crippen molar-refractivity contribution in [3.8, 4) is 0 Å². The first-order valence-electron chi connectivity index (χ1n) is 11.5. The minimum Gasteiger partial charge on any atom is -0.456 e. The maximum atomic E-state index is 12.8. The number of aromatic nitrogens is 3. The van der Waals surface area contributed by atoms with Crippen molar-refractivity contribution in [1.82, 2.24) is 14.6 Å². The fraction of sp³-hybridized carbons (Fsp3) is 0.148. The van der Waals surface area contributed by atoms with E-state index in [1.165, 1.54) is 21.9 Å². The van der Waals surface area contributed by atoms with Crippen molar-refractivity contribution in [1.29, 1.82) is 0 Å². The molecule has 0 aliphatic carbocycles. The molecule has 2 heterocycles. The van der Waals surface area contributed by atoms with E-state index in [1.54, 1.807) is 30.3 Å². The molecule has 8 nitrogen and oxygen atoms in total. The van der Waals surface area contributed by atoms with Crippen LogP contribution in [0.5, 0.6) is 0 Å². The molecule has 0 aliphatic rings. The lowest BCUT2D eigenvalue weighted by Crippen LogP contribution is -2.16. The number of nitrogens with one attached hydrogen (secondary N) is 1. The molecular weight excluding hydrogens is 476 g/mol. The van der Waals surface area contributed by atoms with Gasteiger partial charge in [-0.05, 0) is 47.5 Å². The molecule has 36 heavy (non-hydrogen) atoms. The van der Waals surface area contributed by atoms with E-state index in [1.807, 2.05) is 43.3 Å². The van der Waals surface area contributed by atoms with Crippen LogP contribution >= 0.6 is 11.3 Å². The number of anilines is 1. The van der Waals surface area contributed by atoms with Crippen molar-refractivity contribution < 1.29 is 14.3 Å². The van der Waals surface area contributed by atoms with Crippen LogP contribution in [-0.4, -0.2) is 26.5 Å². The molecule has 0 fully saturated rings. The number of benzene rings is 3. The van der Waals surface area contributed by atoms with E-state index >= 15 is 0 Å². The number of hydrogen-bond donors (Lipinski definition) is 1. The molecule has 1 amide bonds. The van der Waals surface area contributed by atoms with Gasteiger partial charge in [0.05, 0.1) is 11.3 Å². The molecule has 0 radical (unpaired) electrons. The van der Waals surface area contributed by atoms with Crippen LogP contribution in [-0.2, 0) is 17.8 Å². The largest absolute Gasteiger partial charge is 0.456 e. The standard InChI is InChI=1S/C27H22N4O4S/c1-2-6-23-30-31-24(32)15-20(29-27(31)36-23)16-35-26(34)18-11-13-19(14-12-18)28-25(33)22-10-5-8-17-7-3-4-9-21(17)22/h3-5,7-15H,2,6,16H2,1H3,(H,28,33). The Kier molecular flexibility index (Phi) is 6.55. The van der Waals surface area contributed by atoms with Crippen LogP contribution in [0, 0.1) is 0 Å². The molecule has 0 atom stereocenters. The average molecular weight is 499 g/mol. The second-order valence-corrected chi connectivity index (χ2v) is 9.20. The van der Waals surface area contributed by atoms with Gasteiger partial charge in [0.15, 0.2) is 0 Å². The molecule has 3 aromatic carbocycles. The summed E-state index contributed by atoms with van der Waals surface area (Å²) in [6.45, 7) is 1.91. The quantitative estimate of drug-likeness (QED) is 0.321. The van der Waals surface area contributed by atoms with Crippen LogP contribution in [0.2, 0.25) is 0 Å². The number of carbonyl (C=O) groups excluding carboxylic acids is 2. The van der Waals surface area contributed by atoms with Crippen LogP contribution < -0.4 is 10.9 Å². The molecule has 0 saturated heterocycles. The molecular formula is C27H22N4O4S. The number of aryl methyl sites for hydroxylation is 1. The van der Waals surface area contributed by atoms with E-state index in [4.69, 9.17) is 4.74 Å². The van der Waals surface area contributed by atoms with E-state index in [-0.39, 0.29) is 18.1 Å². The van der Waals surface area contributed by atoms with Crippen LogP contribution in [0.4, 0.5) is 5.69 Å². The number of amides is 1. The first-order chi connectivity index (χ1) is 17.5. The number of fused-ring (bicyclic) bond motifs is 2. The van der Waals surface area contributed by atoms with Gasteiger partial charge in [-0.25, -0.2) is 9.78 Å². The zero-order valence-electron chi connectivity index (χ0n) is 19.4. The number of ether oxygens (including phenoxy) is 1. The Morgan fingerprint density at radius 3 is 2.61 bits per heavy atom. The summed E-state index contributed by atoms with van der Waals surface area (Å²) in [6, 6.07) is 21.0. The van der Waals surface area contributed by atoms with Gasteiger partial charge in [0, 0.05) is 23.7 Å². The molecule has 0 bridgehead atoms. The molecule has 0 spiro atoms. The summed E-state index contributed by atoms with van der Waals surface area (Å²) in [5.74, 6) is -0.792. The van der Waals surface area contributed by atoms with Crippen molar-refractivity contribution in [2.75, 3.05) is 5.32 Å². The van der Waals surface area contributed by atoms with Gasteiger partial charge in [0.25, 0.3) is 11.5 Å². The van der Waals surface area contributed by atoms with Crippen molar-refractivity contribution in [3.63, 3.8) is 0 Å². The summed E-state index contributed by atoms with van der Waals surface area (Å²) < 4.78 is 6.63. The maximum Gasteiger partial charge on any atom is 0.338 e. The zero-order valence-corrected chi connectivity index (χ0v) is 20.2. The van der Waals surface area contributed by atoms with E-state index < -0.39 is 5.97 Å². The SMILES string of the molecule is CCCc1nn2c(=O)cc(COC(=O)c3ccc(NC(=O)c4cccc5ccccc45)cc3)nc2s1. The van der Waals surface area contributed by atoms with Gasteiger partial charge in [-0.1, -0.05) is 54.7 Å². The summed E-state index contributed by atoms with van der Waals surface area (Å²) in [5.41, 5.74) is 1.49. The Labute approximate surface area is 210 Å². The van der Waals surface area contributed by atoms with Gasteiger partial charge in [0.1, 0.15) is 11.6 Å². The van der Waals surface area contributed by atoms with E-state index in [0.29, 0.717) is 27.5 Å². The number of esters is 1. The molecule has 0 saturated carbocycles. The smallest absolute Gasteiger partial charge is 0.338 e. The summed E-state index contributed by atoms with van der Waals surface area (Å²) in [7, 11) is 0. The molecule has 180 valence electrons. The fourth-order valence-electron chi connectivity index (χ4n) is 3.82. The molecule has 1 N–H and O–H groups in total. The van der Waals surface area contributed by atoms with E-state index in [2.05, 4.69) is 15.4 Å². The Hall–Kier alpha value is -4.37. The fourth-order valence-corrected chi connectivity index (χ4v) is 4.84. The summed E-state index contributed by atoms with van der Waals surface area (Å²) in [6.07, 6.45) is 1.70. The van der Waals surface area contributed by atoms with Crippen molar-refractivity contribution in [3.05, 3.63) is 105 Å². The summed E-state index contributed by atoms with van der Waals surface area (Å²) in [5, 5.41) is 9.82. The van der Waals surface area contributed by atoms with Crippen molar-refractivity contribution >= 4 is 44.6 Å². The van der Waals surface area contributed by atoms with Crippen molar-refractivity contribution in [2.24, 2.45) is 0 Å². The highest BCUT2D eigenvalue weighted by molar-refractivity contribution is 7.16. The van der Waals surface area contributed by atoms with Gasteiger partial charge < -0.3 is 10.1 Å². The number of hydrogen-bond acceptors (Lipinski definition) is 7. The van der Waals surface area contributed by atoms with Gasteiger partial charge >= 0.3 is 5.97 Å². The molecule has 5 rings (SSSR count). The predicted octanol–water partition coefficient (Wildman–Crippen LogP) is 4.87. The second-order valence-electron chi connectivity index (χ2n) is 8.16. The predicted molar refractivity (Wildman–Crippen MR) is 139 cm³/mol. The zero-order chi connectivity index (χ0) is 25.1. The molecule has 5 aromatic rings. The minimum absolute atomic E-state index is 0.134. The summed E-state index contributed by atoms with van der Waals surface area (Å²) >= 11 is 1.35. The molecule has 9 heteroatoms. The number of nitrogens with zero attached hydrogens (tertiary/aromatic N) is 3. The third-order valence-electron chi connectivity index (χ3n) is 5.57. The Morgan fingerprint density at radius 2 is 1.81 bits per heavy atom. The van der Waals surface area contributed by atoms with Gasteiger partial charge in [-0.15, -0.1) is 0 Å². The topological polar surface area (TPSA) is 103 Å². The minimum atomic E-state index is -0.556. The van der Waals surface area contributed by atoms with Crippen LogP contribution in [0.1, 0.15) is 44.8 Å². The first kappa shape index (κ1) is 23.4. The average Bonchev–Trinajstić information content (AvgIpc) is 3.31. The van der Waals surface area contributed by atoms with E-state index in [9.17, 15) is 14.4 Å².